The van der Waals surface area contributed by atoms with Crippen molar-refractivity contribution in [1.29, 1.82) is 0 Å². The highest BCUT2D eigenvalue weighted by molar-refractivity contribution is 7.89. The molecule has 0 spiro atoms. The van der Waals surface area contributed by atoms with E-state index in [4.69, 9.17) is 0 Å². The van der Waals surface area contributed by atoms with Gasteiger partial charge >= 0.3 is 0 Å². The number of benzene rings is 2. The van der Waals surface area contributed by atoms with Gasteiger partial charge in [-0.25, -0.2) is 8.42 Å². The molecule has 2 aromatic rings. The molecule has 0 radical (unpaired) electrons. The van der Waals surface area contributed by atoms with Gasteiger partial charge in [0.15, 0.2) is 0 Å². The van der Waals surface area contributed by atoms with Gasteiger partial charge in [-0.15, -0.1) is 0 Å². The summed E-state index contributed by atoms with van der Waals surface area (Å²) in [6, 6.07) is 12.2. The lowest BCUT2D eigenvalue weighted by Crippen LogP contribution is -2.51. The van der Waals surface area contributed by atoms with Crippen molar-refractivity contribution in [2.75, 3.05) is 0 Å². The minimum Gasteiger partial charge on any atom is -0.349 e. The lowest BCUT2D eigenvalue weighted by molar-refractivity contribution is -0.129. The Labute approximate surface area is 224 Å². The number of aryl methyl sites for hydroxylation is 2. The summed E-state index contributed by atoms with van der Waals surface area (Å²) in [5.41, 5.74) is 4.53. The van der Waals surface area contributed by atoms with E-state index >= 15 is 0 Å². The van der Waals surface area contributed by atoms with E-state index in [-0.39, 0.29) is 23.3 Å². The average Bonchev–Trinajstić information content (AvgIpc) is 3.43. The first-order chi connectivity index (χ1) is 18.3. The molecule has 3 aliphatic rings. The van der Waals surface area contributed by atoms with Gasteiger partial charge in [0.2, 0.25) is 11.8 Å². The van der Waals surface area contributed by atoms with Crippen molar-refractivity contribution in [3.63, 3.8) is 0 Å². The number of hydrogen-bond donors (Lipinski definition) is 3. The van der Waals surface area contributed by atoms with Crippen LogP contribution in [0.1, 0.15) is 73.2 Å². The van der Waals surface area contributed by atoms with Gasteiger partial charge in [-0.2, -0.15) is 0 Å². The summed E-state index contributed by atoms with van der Waals surface area (Å²) in [6.45, 7) is 2.72. The van der Waals surface area contributed by atoms with Crippen LogP contribution in [0.5, 0.6) is 0 Å². The van der Waals surface area contributed by atoms with Gasteiger partial charge < -0.3 is 16.0 Å². The first kappa shape index (κ1) is 26.4. The van der Waals surface area contributed by atoms with Crippen LogP contribution in [0.15, 0.2) is 59.8 Å². The molecule has 1 fully saturated rings. The zero-order chi connectivity index (χ0) is 26.7. The number of carbonyl (C=O) groups is 2. The van der Waals surface area contributed by atoms with Gasteiger partial charge in [-0.3, -0.25) is 13.9 Å². The molecule has 8 nitrogen and oxygen atoms in total. The fourth-order valence-corrected chi connectivity index (χ4v) is 7.17. The molecule has 9 heteroatoms. The fraction of sp³-hybridized carbons (Fsp3) is 0.448. The molecular weight excluding hydrogens is 500 g/mol. The van der Waals surface area contributed by atoms with Crippen molar-refractivity contribution in [3.05, 3.63) is 77.1 Å². The number of nitrogens with zero attached hydrogens (tertiary/aromatic N) is 1. The number of fused-ring (bicyclic) bond motifs is 1. The summed E-state index contributed by atoms with van der Waals surface area (Å²) >= 11 is 0. The van der Waals surface area contributed by atoms with E-state index in [1.165, 1.54) is 61.3 Å². The highest BCUT2D eigenvalue weighted by atomic mass is 32.2. The van der Waals surface area contributed by atoms with Crippen LogP contribution < -0.4 is 16.0 Å². The van der Waals surface area contributed by atoms with Crippen LogP contribution in [0.2, 0.25) is 0 Å². The van der Waals surface area contributed by atoms with E-state index in [1.54, 1.807) is 12.1 Å². The first-order valence-corrected chi connectivity index (χ1v) is 15.0. The van der Waals surface area contributed by atoms with Crippen molar-refractivity contribution < 1.29 is 18.0 Å². The molecule has 5 rings (SSSR count). The van der Waals surface area contributed by atoms with Crippen molar-refractivity contribution in [1.82, 2.24) is 20.3 Å². The lowest BCUT2D eigenvalue weighted by Gasteiger charge is -2.32. The number of sulfonamides is 1. The molecule has 2 atom stereocenters. The number of rotatable bonds is 8. The van der Waals surface area contributed by atoms with Crippen molar-refractivity contribution in [3.8, 4) is 0 Å². The van der Waals surface area contributed by atoms with Gasteiger partial charge in [-0.05, 0) is 67.9 Å². The van der Waals surface area contributed by atoms with Gasteiger partial charge in [-0.1, -0.05) is 48.7 Å². The summed E-state index contributed by atoms with van der Waals surface area (Å²) in [5.74, 6) is -0.879. The second-order valence-corrected chi connectivity index (χ2v) is 12.4. The van der Waals surface area contributed by atoms with E-state index in [9.17, 15) is 18.0 Å². The predicted molar refractivity (Wildman–Crippen MR) is 145 cm³/mol. The van der Waals surface area contributed by atoms with Crippen LogP contribution >= 0.6 is 0 Å². The Morgan fingerprint density at radius 1 is 1.05 bits per heavy atom. The topological polar surface area (TPSA) is 108 Å². The number of carbonyl (C=O) groups excluding carboxylic acids is 2. The monoisotopic (exact) mass is 536 g/mol. The summed E-state index contributed by atoms with van der Waals surface area (Å²) in [4.78, 5) is 25.9. The van der Waals surface area contributed by atoms with E-state index in [1.807, 2.05) is 6.92 Å². The quantitative estimate of drug-likeness (QED) is 0.478. The zero-order valence-corrected chi connectivity index (χ0v) is 22.6. The highest BCUT2D eigenvalue weighted by Crippen LogP contribution is 2.31. The summed E-state index contributed by atoms with van der Waals surface area (Å²) in [7, 11) is -4.01. The van der Waals surface area contributed by atoms with Gasteiger partial charge in [0.25, 0.3) is 10.0 Å². The molecule has 2 aliphatic carbocycles. The Kier molecular flexibility index (Phi) is 7.85. The van der Waals surface area contributed by atoms with E-state index in [0.29, 0.717) is 6.04 Å². The maximum Gasteiger partial charge on any atom is 0.264 e. The van der Waals surface area contributed by atoms with Crippen LogP contribution in [0.25, 0.3) is 0 Å². The minimum absolute atomic E-state index is 0.0762. The van der Waals surface area contributed by atoms with Crippen LogP contribution in [-0.2, 0) is 32.6 Å². The zero-order valence-electron chi connectivity index (χ0n) is 21.8. The molecule has 0 bridgehead atoms. The molecule has 2 amide bonds. The molecule has 0 unspecified atom stereocenters. The molecule has 38 heavy (non-hydrogen) atoms. The largest absolute Gasteiger partial charge is 0.349 e. The van der Waals surface area contributed by atoms with Crippen molar-refractivity contribution >= 4 is 21.8 Å². The molecule has 202 valence electrons. The SMILES string of the molecule is Cc1ccc(S(=O)(=O)N2C=CNC(=O)[C@H]2CC(=O)N[C@@H]2CCCc3cc(CNC4CCCC4)ccc32)cc1. The average molecular weight is 537 g/mol. The Morgan fingerprint density at radius 3 is 2.58 bits per heavy atom. The van der Waals surface area contributed by atoms with E-state index < -0.39 is 22.0 Å². The third-order valence-electron chi connectivity index (χ3n) is 7.84. The second kappa shape index (κ2) is 11.3. The Balaban J connectivity index is 1.26. The van der Waals surface area contributed by atoms with E-state index in [0.717, 1.165) is 41.2 Å². The van der Waals surface area contributed by atoms with Gasteiger partial charge in [0.1, 0.15) is 6.04 Å². The molecule has 1 aliphatic heterocycles. The molecule has 2 aromatic carbocycles. The van der Waals surface area contributed by atoms with Crippen LogP contribution in [-0.4, -0.2) is 36.6 Å². The first-order valence-electron chi connectivity index (χ1n) is 13.5. The summed E-state index contributed by atoms with van der Waals surface area (Å²) in [5, 5.41) is 9.29. The van der Waals surface area contributed by atoms with Gasteiger partial charge in [0.05, 0.1) is 17.4 Å². The Hall–Kier alpha value is -3.17. The Bertz CT molecular complexity index is 1320. The van der Waals surface area contributed by atoms with E-state index in [2.05, 4.69) is 34.1 Å². The third-order valence-corrected chi connectivity index (χ3v) is 9.64. The molecule has 1 saturated carbocycles. The maximum absolute atomic E-state index is 13.3. The highest BCUT2D eigenvalue weighted by Gasteiger charge is 2.37. The smallest absolute Gasteiger partial charge is 0.264 e. The summed E-state index contributed by atoms with van der Waals surface area (Å²) in [6.07, 6.45) is 10.2. The van der Waals surface area contributed by atoms with Crippen molar-refractivity contribution in [2.24, 2.45) is 0 Å². The predicted octanol–water partition coefficient (Wildman–Crippen LogP) is 3.57. The second-order valence-electron chi connectivity index (χ2n) is 10.6. The number of nitrogens with one attached hydrogen (secondary N) is 3. The number of hydrogen-bond acceptors (Lipinski definition) is 5. The third kappa shape index (κ3) is 5.78. The minimum atomic E-state index is -4.01. The lowest BCUT2D eigenvalue weighted by atomic mass is 9.86. The number of amides is 2. The normalized spacial score (nSPS) is 21.7. The molecule has 0 aromatic heterocycles. The van der Waals surface area contributed by atoms with Gasteiger partial charge in [0, 0.05) is 25.0 Å². The molecule has 3 N–H and O–H groups in total. The van der Waals surface area contributed by atoms with Crippen LogP contribution in [0.3, 0.4) is 0 Å². The molecular formula is C29H36N4O4S. The fourth-order valence-electron chi connectivity index (χ4n) is 5.72. The van der Waals surface area contributed by atoms with Crippen molar-refractivity contribution in [2.45, 2.75) is 87.9 Å². The molecule has 0 saturated heterocycles. The Morgan fingerprint density at radius 2 is 1.82 bits per heavy atom. The molecule has 1 heterocycles. The van der Waals surface area contributed by atoms with Crippen LogP contribution in [0.4, 0.5) is 0 Å². The van der Waals surface area contributed by atoms with Crippen LogP contribution in [0, 0.1) is 6.92 Å². The standard InChI is InChI=1S/C29H36N4O4S/c1-20-9-12-24(13-10-20)38(36,37)33-16-15-30-29(35)27(33)18-28(34)32-26-8-4-5-22-17-21(11-14-25(22)26)19-31-23-6-2-3-7-23/h9-17,23,26-27,31H,2-8,18-19H2,1H3,(H,30,35)(H,32,34)/t26-,27-/m1/s1. The maximum atomic E-state index is 13.3. The summed E-state index contributed by atoms with van der Waals surface area (Å²) < 4.78 is 27.6.